The smallest absolute Gasteiger partial charge is 0.422 e. The zero-order chi connectivity index (χ0) is 29.5. The number of ether oxygens (including phenoxy) is 3. The third kappa shape index (κ3) is 9.26. The lowest BCUT2D eigenvalue weighted by Gasteiger charge is -2.18. The van der Waals surface area contributed by atoms with Gasteiger partial charge in [0.15, 0.2) is 18.3 Å². The van der Waals surface area contributed by atoms with E-state index in [0.717, 1.165) is 28.6 Å². The van der Waals surface area contributed by atoms with Gasteiger partial charge in [-0.05, 0) is 23.8 Å². The van der Waals surface area contributed by atoms with E-state index in [1.165, 1.54) is 18.4 Å². The quantitative estimate of drug-likeness (QED) is 0.136. The highest BCUT2D eigenvalue weighted by Crippen LogP contribution is 2.33. The van der Waals surface area contributed by atoms with Gasteiger partial charge in [-0.2, -0.15) is 22.0 Å². The van der Waals surface area contributed by atoms with Crippen molar-refractivity contribution < 1.29 is 49.7 Å². The summed E-state index contributed by atoms with van der Waals surface area (Å²) in [5, 5.41) is 5.59. The van der Waals surface area contributed by atoms with Crippen molar-refractivity contribution in [3.63, 3.8) is 0 Å². The van der Waals surface area contributed by atoms with Crippen molar-refractivity contribution in [1.82, 2.24) is 0 Å². The molecule has 0 aliphatic carbocycles. The van der Waals surface area contributed by atoms with Crippen molar-refractivity contribution in [1.29, 1.82) is 0 Å². The molecule has 0 amide bonds. The molecule has 0 atom stereocenters. The molecule has 0 spiro atoms. The fraction of sp³-hybridized carbons (Fsp3) is 0.280. The van der Waals surface area contributed by atoms with Crippen LogP contribution >= 0.6 is 23.6 Å². The maximum absolute atomic E-state index is 13.3. The number of carbonyl (C=O) groups excluding carboxylic acids is 1. The average Bonchev–Trinajstić information content (AvgIpc) is 3.27. The van der Waals surface area contributed by atoms with Gasteiger partial charge in [0, 0.05) is 35.2 Å². The Bertz CT molecular complexity index is 1320. The molecule has 3 aromatic rings. The highest BCUT2D eigenvalue weighted by molar-refractivity contribution is 7.80. The molecule has 2 N–H and O–H groups in total. The minimum Gasteiger partial charge on any atom is -0.487 e. The molecule has 15 heteroatoms. The molecular formula is C25H21F7N2O4S2. The number of nitrogens with one attached hydrogen (secondary N) is 2. The summed E-state index contributed by atoms with van der Waals surface area (Å²) < 4.78 is 104. The van der Waals surface area contributed by atoms with Gasteiger partial charge in [0.25, 0.3) is 0 Å². The molecule has 1 heterocycles. The second kappa shape index (κ2) is 13.2. The monoisotopic (exact) mass is 610 g/mol. The molecule has 0 saturated carbocycles. The number of thiophene rings is 1. The first kappa shape index (κ1) is 30.9. The summed E-state index contributed by atoms with van der Waals surface area (Å²) in [5.74, 6) is -6.10. The molecule has 0 fully saturated rings. The average molecular weight is 611 g/mol. The number of hydrogen-bond donors (Lipinski definition) is 2. The Hall–Kier alpha value is -3.59. The predicted octanol–water partition coefficient (Wildman–Crippen LogP) is 7.15. The second-order valence-corrected chi connectivity index (χ2v) is 9.68. The van der Waals surface area contributed by atoms with Crippen LogP contribution in [0.25, 0.3) is 0 Å². The fourth-order valence-corrected chi connectivity index (χ4v) is 4.53. The van der Waals surface area contributed by atoms with Gasteiger partial charge in [0.2, 0.25) is 0 Å². The van der Waals surface area contributed by atoms with Crippen molar-refractivity contribution in [2.45, 2.75) is 24.9 Å². The van der Waals surface area contributed by atoms with Gasteiger partial charge in [-0.25, -0.2) is 13.6 Å². The summed E-state index contributed by atoms with van der Waals surface area (Å²) in [6, 6.07) is 14.0. The Kier molecular flexibility index (Phi) is 10.2. The van der Waals surface area contributed by atoms with Crippen LogP contribution in [0, 0.1) is 0 Å². The van der Waals surface area contributed by atoms with Crippen molar-refractivity contribution in [3.8, 4) is 11.5 Å². The Morgan fingerprint density at radius 1 is 0.950 bits per heavy atom. The minimum absolute atomic E-state index is 0.0757. The third-order valence-electron chi connectivity index (χ3n) is 4.93. The van der Waals surface area contributed by atoms with E-state index in [2.05, 4.69) is 15.4 Å². The summed E-state index contributed by atoms with van der Waals surface area (Å²) in [5.41, 5.74) is 1.07. The molecule has 0 aliphatic rings. The molecule has 1 aromatic heterocycles. The van der Waals surface area contributed by atoms with Crippen molar-refractivity contribution in [2.24, 2.45) is 0 Å². The standard InChI is InChI=1S/C25H21F7N2O4S2/c1-36-21(35)19-11-18(7-14-5-3-2-4-6-14)40-20(19)34-23(39)33-15-8-16(37-12-24(28,29)22(26)27)10-17(9-15)38-13-25(30,31)32/h2-6,8-11,22H,7,12-13H2,1H3,(H2,33,34,39). The predicted molar refractivity (Wildman–Crippen MR) is 139 cm³/mol. The van der Waals surface area contributed by atoms with Gasteiger partial charge in [0.05, 0.1) is 12.7 Å². The van der Waals surface area contributed by atoms with Gasteiger partial charge < -0.3 is 24.8 Å². The number of anilines is 2. The maximum atomic E-state index is 13.3. The van der Waals surface area contributed by atoms with Crippen molar-refractivity contribution in [2.75, 3.05) is 31.0 Å². The van der Waals surface area contributed by atoms with E-state index in [1.807, 2.05) is 30.3 Å². The number of benzene rings is 2. The van der Waals surface area contributed by atoms with Crippen LogP contribution in [0.3, 0.4) is 0 Å². The molecular weight excluding hydrogens is 589 g/mol. The summed E-state index contributed by atoms with van der Waals surface area (Å²) in [6.45, 7) is -3.45. The van der Waals surface area contributed by atoms with E-state index >= 15 is 0 Å². The number of rotatable bonds is 11. The molecule has 0 bridgehead atoms. The molecule has 3 rings (SSSR count). The van der Waals surface area contributed by atoms with Gasteiger partial charge >= 0.3 is 24.5 Å². The minimum atomic E-state index is -4.72. The van der Waals surface area contributed by atoms with E-state index in [-0.39, 0.29) is 16.4 Å². The number of thiocarbonyl (C=S) groups is 1. The van der Waals surface area contributed by atoms with E-state index in [9.17, 15) is 35.5 Å². The molecule has 216 valence electrons. The number of alkyl halides is 7. The van der Waals surface area contributed by atoms with E-state index < -0.39 is 49.2 Å². The van der Waals surface area contributed by atoms with E-state index in [1.54, 1.807) is 6.07 Å². The van der Waals surface area contributed by atoms with Crippen LogP contribution in [0.5, 0.6) is 11.5 Å². The first-order valence-corrected chi connectivity index (χ1v) is 12.4. The zero-order valence-electron chi connectivity index (χ0n) is 20.5. The normalized spacial score (nSPS) is 11.7. The number of halogens is 7. The zero-order valence-corrected chi connectivity index (χ0v) is 22.1. The SMILES string of the molecule is COC(=O)c1cc(Cc2ccccc2)sc1NC(=S)Nc1cc(OCC(F)(F)F)cc(OCC(F)(F)C(F)F)c1. The highest BCUT2D eigenvalue weighted by atomic mass is 32.1. The molecule has 0 radical (unpaired) electrons. The number of esters is 1. The number of carbonyl (C=O) groups is 1. The van der Waals surface area contributed by atoms with Crippen LogP contribution in [-0.4, -0.2) is 49.9 Å². The molecule has 2 aromatic carbocycles. The Balaban J connectivity index is 1.81. The van der Waals surface area contributed by atoms with Crippen molar-refractivity contribution in [3.05, 3.63) is 70.6 Å². The van der Waals surface area contributed by atoms with Gasteiger partial charge in [-0.1, -0.05) is 30.3 Å². The Morgan fingerprint density at radius 3 is 2.15 bits per heavy atom. The van der Waals surface area contributed by atoms with Crippen LogP contribution in [0.1, 0.15) is 20.8 Å². The van der Waals surface area contributed by atoms with Gasteiger partial charge in [0.1, 0.15) is 16.5 Å². The molecule has 0 saturated heterocycles. The van der Waals surface area contributed by atoms with E-state index in [0.29, 0.717) is 11.4 Å². The second-order valence-electron chi connectivity index (χ2n) is 8.14. The Labute approximate surface area is 233 Å². The molecule has 40 heavy (non-hydrogen) atoms. The van der Waals surface area contributed by atoms with Crippen LogP contribution in [0.2, 0.25) is 0 Å². The lowest BCUT2D eigenvalue weighted by atomic mass is 10.1. The molecule has 6 nitrogen and oxygen atoms in total. The lowest BCUT2D eigenvalue weighted by Crippen LogP contribution is -2.33. The van der Waals surface area contributed by atoms with Gasteiger partial charge in [-0.3, -0.25) is 0 Å². The summed E-state index contributed by atoms with van der Waals surface area (Å²) in [4.78, 5) is 13.1. The number of hydrogen-bond acceptors (Lipinski definition) is 6. The largest absolute Gasteiger partial charge is 0.487 e. The van der Waals surface area contributed by atoms with Crippen LogP contribution in [-0.2, 0) is 11.2 Å². The Morgan fingerprint density at radius 2 is 1.57 bits per heavy atom. The molecule has 0 unspecified atom stereocenters. The summed E-state index contributed by atoms with van der Waals surface area (Å²) >= 11 is 6.46. The fourth-order valence-electron chi connectivity index (χ4n) is 3.16. The third-order valence-corrected chi connectivity index (χ3v) is 6.18. The maximum Gasteiger partial charge on any atom is 0.422 e. The lowest BCUT2D eigenvalue weighted by molar-refractivity contribution is -0.153. The first-order chi connectivity index (χ1) is 18.8. The summed E-state index contributed by atoms with van der Waals surface area (Å²) in [6.07, 6.45) is -8.24. The first-order valence-electron chi connectivity index (χ1n) is 11.2. The van der Waals surface area contributed by atoms with Gasteiger partial charge in [-0.15, -0.1) is 11.3 Å². The molecule has 0 aliphatic heterocycles. The number of methoxy groups -OCH3 is 1. The topological polar surface area (TPSA) is 68.8 Å². The van der Waals surface area contributed by atoms with Crippen LogP contribution in [0.15, 0.2) is 54.6 Å². The van der Waals surface area contributed by atoms with Crippen LogP contribution in [0.4, 0.5) is 41.4 Å². The van der Waals surface area contributed by atoms with Crippen LogP contribution < -0.4 is 20.1 Å². The highest BCUT2D eigenvalue weighted by Gasteiger charge is 2.41. The van der Waals surface area contributed by atoms with E-state index in [4.69, 9.17) is 21.7 Å². The summed E-state index contributed by atoms with van der Waals surface area (Å²) in [7, 11) is 1.20. The van der Waals surface area contributed by atoms with Crippen molar-refractivity contribution >= 4 is 45.3 Å².